The highest BCUT2D eigenvalue weighted by Crippen LogP contribution is 2.30. The van der Waals surface area contributed by atoms with Crippen molar-refractivity contribution in [2.75, 3.05) is 18.6 Å². The van der Waals surface area contributed by atoms with Gasteiger partial charge in [-0.25, -0.2) is 4.79 Å². The van der Waals surface area contributed by atoms with Crippen molar-refractivity contribution in [3.8, 4) is 0 Å². The summed E-state index contributed by atoms with van der Waals surface area (Å²) in [6.45, 7) is 0.0450. The number of carbonyl (C=O) groups is 3. The molecule has 1 aliphatic rings. The third-order valence-electron chi connectivity index (χ3n) is 2.28. The van der Waals surface area contributed by atoms with Gasteiger partial charge in [-0.3, -0.25) is 14.5 Å². The molecule has 0 atom stereocenters. The zero-order valence-corrected chi connectivity index (χ0v) is 9.37. The van der Waals surface area contributed by atoms with Crippen LogP contribution in [-0.2, 0) is 14.3 Å². The average Bonchev–Trinajstić information content (AvgIpc) is 2.83. The molecular weight excluding hydrogens is 230 g/mol. The Labute approximate surface area is 95.6 Å². The van der Waals surface area contributed by atoms with E-state index in [1.807, 2.05) is 0 Å². The number of anilines is 1. The number of carbonyl (C=O) groups excluding carboxylic acids is 3. The minimum atomic E-state index is -0.497. The lowest BCUT2D eigenvalue weighted by Crippen LogP contribution is -2.25. The van der Waals surface area contributed by atoms with Gasteiger partial charge in [0.2, 0.25) is 5.91 Å². The molecule has 0 bridgehead atoms. The Morgan fingerprint density at radius 2 is 2.25 bits per heavy atom. The summed E-state index contributed by atoms with van der Waals surface area (Å²) in [6, 6.07) is 1.59. The Kier molecular flexibility index (Phi) is 2.74. The second-order valence-corrected chi connectivity index (χ2v) is 4.22. The van der Waals surface area contributed by atoms with E-state index in [9.17, 15) is 14.4 Å². The normalized spacial score (nSPS) is 15.7. The summed E-state index contributed by atoms with van der Waals surface area (Å²) in [5.74, 6) is -0.893. The van der Waals surface area contributed by atoms with Crippen molar-refractivity contribution in [2.24, 2.45) is 0 Å². The molecule has 2 rings (SSSR count). The van der Waals surface area contributed by atoms with Crippen molar-refractivity contribution in [1.82, 2.24) is 0 Å². The maximum Gasteiger partial charge on any atom is 0.340 e. The van der Waals surface area contributed by atoms with E-state index < -0.39 is 5.97 Å². The summed E-state index contributed by atoms with van der Waals surface area (Å²) >= 11 is 1.25. The van der Waals surface area contributed by atoms with Gasteiger partial charge in [0.05, 0.1) is 25.6 Å². The summed E-state index contributed by atoms with van der Waals surface area (Å²) in [6.07, 6.45) is -0.0848. The number of Topliss-reactive ketones (excluding diaryl/α,β-unsaturated/α-hetero) is 1. The molecule has 0 unspecified atom stereocenters. The van der Waals surface area contributed by atoms with Crippen LogP contribution in [0.25, 0.3) is 0 Å². The number of hydrogen-bond acceptors (Lipinski definition) is 5. The van der Waals surface area contributed by atoms with Gasteiger partial charge in [0.15, 0.2) is 5.78 Å². The van der Waals surface area contributed by atoms with E-state index in [1.165, 1.54) is 23.3 Å². The molecule has 6 heteroatoms. The molecule has 0 aromatic carbocycles. The van der Waals surface area contributed by atoms with Crippen molar-refractivity contribution in [3.63, 3.8) is 0 Å². The number of methoxy groups -OCH3 is 1. The number of thiophene rings is 1. The number of ether oxygens (including phenoxy) is 1. The van der Waals surface area contributed by atoms with Crippen LogP contribution in [0.4, 0.5) is 5.00 Å². The van der Waals surface area contributed by atoms with Gasteiger partial charge in [0, 0.05) is 0 Å². The molecule has 0 spiro atoms. The quantitative estimate of drug-likeness (QED) is 0.566. The number of nitrogens with zero attached hydrogens (tertiary/aromatic N) is 1. The van der Waals surface area contributed by atoms with Crippen LogP contribution in [0.1, 0.15) is 16.8 Å². The summed E-state index contributed by atoms with van der Waals surface area (Å²) < 4.78 is 4.60. The molecule has 0 aliphatic carbocycles. The molecule has 5 nitrogen and oxygen atoms in total. The van der Waals surface area contributed by atoms with E-state index in [0.29, 0.717) is 10.6 Å². The lowest BCUT2D eigenvalue weighted by Gasteiger charge is -2.13. The molecule has 1 fully saturated rings. The molecule has 0 radical (unpaired) electrons. The van der Waals surface area contributed by atoms with Crippen LogP contribution in [0.2, 0.25) is 0 Å². The molecule has 1 amide bonds. The number of amides is 1. The first-order chi connectivity index (χ1) is 7.63. The van der Waals surface area contributed by atoms with Crippen LogP contribution in [0.5, 0.6) is 0 Å². The van der Waals surface area contributed by atoms with Gasteiger partial charge >= 0.3 is 5.97 Å². The molecule has 2 heterocycles. The largest absolute Gasteiger partial charge is 0.465 e. The van der Waals surface area contributed by atoms with Crippen LogP contribution in [0.15, 0.2) is 11.4 Å². The summed E-state index contributed by atoms with van der Waals surface area (Å²) in [4.78, 5) is 35.4. The third-order valence-corrected chi connectivity index (χ3v) is 3.21. The van der Waals surface area contributed by atoms with Crippen LogP contribution in [0, 0.1) is 0 Å². The number of rotatable bonds is 2. The van der Waals surface area contributed by atoms with Crippen LogP contribution in [0.3, 0.4) is 0 Å². The van der Waals surface area contributed by atoms with Gasteiger partial charge in [0.1, 0.15) is 5.00 Å². The fraction of sp³-hybridized carbons (Fsp3) is 0.300. The molecular formula is C10H9NO4S. The SMILES string of the molecule is COC(=O)c1ccsc1N1CC(=O)CC1=O. The zero-order valence-electron chi connectivity index (χ0n) is 8.56. The zero-order chi connectivity index (χ0) is 11.7. The van der Waals surface area contributed by atoms with Crippen LogP contribution >= 0.6 is 11.3 Å². The summed E-state index contributed by atoms with van der Waals surface area (Å²) in [5, 5.41) is 2.18. The molecule has 1 aliphatic heterocycles. The highest BCUT2D eigenvalue weighted by Gasteiger charge is 2.32. The number of esters is 1. The van der Waals surface area contributed by atoms with E-state index in [1.54, 1.807) is 11.4 Å². The van der Waals surface area contributed by atoms with Crippen molar-refractivity contribution < 1.29 is 19.1 Å². The van der Waals surface area contributed by atoms with Crippen molar-refractivity contribution in [1.29, 1.82) is 0 Å². The first-order valence-electron chi connectivity index (χ1n) is 4.61. The second-order valence-electron chi connectivity index (χ2n) is 3.33. The van der Waals surface area contributed by atoms with Crippen molar-refractivity contribution >= 4 is 34.0 Å². The van der Waals surface area contributed by atoms with Crippen molar-refractivity contribution in [2.45, 2.75) is 6.42 Å². The first-order valence-corrected chi connectivity index (χ1v) is 5.49. The Balaban J connectivity index is 2.34. The minimum absolute atomic E-state index is 0.0450. The highest BCUT2D eigenvalue weighted by molar-refractivity contribution is 7.14. The van der Waals surface area contributed by atoms with Crippen molar-refractivity contribution in [3.05, 3.63) is 17.0 Å². The smallest absolute Gasteiger partial charge is 0.340 e. The van der Waals surface area contributed by atoms with Gasteiger partial charge in [-0.1, -0.05) is 0 Å². The van der Waals surface area contributed by atoms with Gasteiger partial charge in [0.25, 0.3) is 0 Å². The number of hydrogen-bond donors (Lipinski definition) is 0. The predicted octanol–water partition coefficient (Wildman–Crippen LogP) is 0.841. The van der Waals surface area contributed by atoms with E-state index >= 15 is 0 Å². The molecule has 0 N–H and O–H groups in total. The lowest BCUT2D eigenvalue weighted by molar-refractivity contribution is -0.121. The summed E-state index contributed by atoms with van der Waals surface area (Å²) in [7, 11) is 1.28. The Morgan fingerprint density at radius 3 is 2.81 bits per heavy atom. The van der Waals surface area contributed by atoms with Crippen LogP contribution in [-0.4, -0.2) is 31.3 Å². The standard InChI is InChI=1S/C10H9NO4S/c1-15-10(14)7-2-3-16-9(7)11-5-6(12)4-8(11)13/h2-3H,4-5H2,1H3. The monoisotopic (exact) mass is 239 g/mol. The third kappa shape index (κ3) is 1.71. The fourth-order valence-corrected chi connectivity index (χ4v) is 2.45. The maximum absolute atomic E-state index is 11.5. The number of ketones is 1. The predicted molar refractivity (Wildman–Crippen MR) is 57.6 cm³/mol. The van der Waals surface area contributed by atoms with Crippen LogP contribution < -0.4 is 4.90 Å². The summed E-state index contributed by atoms with van der Waals surface area (Å²) in [5.41, 5.74) is 0.329. The maximum atomic E-state index is 11.5. The molecule has 0 saturated carbocycles. The Bertz CT molecular complexity index is 465. The Morgan fingerprint density at radius 1 is 1.50 bits per heavy atom. The molecule has 1 saturated heterocycles. The molecule has 1 aromatic heterocycles. The first kappa shape index (κ1) is 10.8. The lowest BCUT2D eigenvalue weighted by atomic mass is 10.3. The minimum Gasteiger partial charge on any atom is -0.465 e. The second kappa shape index (κ2) is 4.05. The van der Waals surface area contributed by atoms with E-state index in [2.05, 4.69) is 4.74 Å². The van der Waals surface area contributed by atoms with E-state index in [4.69, 9.17) is 0 Å². The van der Waals surface area contributed by atoms with Gasteiger partial charge in [-0.15, -0.1) is 11.3 Å². The van der Waals surface area contributed by atoms with E-state index in [-0.39, 0.29) is 24.7 Å². The average molecular weight is 239 g/mol. The van der Waals surface area contributed by atoms with Gasteiger partial charge in [-0.05, 0) is 11.4 Å². The topological polar surface area (TPSA) is 63.7 Å². The van der Waals surface area contributed by atoms with Gasteiger partial charge < -0.3 is 4.74 Å². The van der Waals surface area contributed by atoms with Gasteiger partial charge in [-0.2, -0.15) is 0 Å². The molecule has 84 valence electrons. The molecule has 16 heavy (non-hydrogen) atoms. The molecule has 1 aromatic rings. The van der Waals surface area contributed by atoms with E-state index in [0.717, 1.165) is 0 Å². The fourth-order valence-electron chi connectivity index (χ4n) is 1.55. The Hall–Kier alpha value is -1.69. The highest BCUT2D eigenvalue weighted by atomic mass is 32.1.